The molecule has 1 amide bonds. The summed E-state index contributed by atoms with van der Waals surface area (Å²) in [6.07, 6.45) is 2.09. The summed E-state index contributed by atoms with van der Waals surface area (Å²) in [6, 6.07) is 5.18. The number of carbonyl (C=O) groups excluding carboxylic acids is 1. The van der Waals surface area contributed by atoms with Crippen LogP contribution in [0, 0.1) is 12.7 Å². The number of hydrogen-bond donors (Lipinski definition) is 2. The van der Waals surface area contributed by atoms with Crippen molar-refractivity contribution in [1.82, 2.24) is 5.32 Å². The van der Waals surface area contributed by atoms with Gasteiger partial charge < -0.3 is 10.6 Å². The predicted molar refractivity (Wildman–Crippen MR) is 65.4 cm³/mol. The molecule has 3 nitrogen and oxygen atoms in total. The van der Waals surface area contributed by atoms with Crippen molar-refractivity contribution < 1.29 is 9.18 Å². The maximum Gasteiger partial charge on any atom is 0.220 e. The van der Waals surface area contributed by atoms with Crippen LogP contribution in [-0.2, 0) is 4.79 Å². The standard InChI is InChI=1S/C13H17FN2O/c1-9-2-4-11(14)12(8-9)16-10-3-5-13(17)15-7-6-10/h2,4,8,10,16H,3,5-7H2,1H3,(H,15,17). The summed E-state index contributed by atoms with van der Waals surface area (Å²) in [4.78, 5) is 11.2. The molecule has 92 valence electrons. The largest absolute Gasteiger partial charge is 0.380 e. The first-order valence-electron chi connectivity index (χ1n) is 5.94. The average molecular weight is 236 g/mol. The van der Waals surface area contributed by atoms with Gasteiger partial charge in [0.2, 0.25) is 5.91 Å². The Labute approximate surface area is 100 Å². The van der Waals surface area contributed by atoms with Crippen molar-refractivity contribution in [2.75, 3.05) is 11.9 Å². The summed E-state index contributed by atoms with van der Waals surface area (Å²) in [5.74, 6) is -0.154. The van der Waals surface area contributed by atoms with Gasteiger partial charge in [-0.2, -0.15) is 0 Å². The number of aryl methyl sites for hydroxylation is 1. The number of nitrogens with one attached hydrogen (secondary N) is 2. The van der Waals surface area contributed by atoms with E-state index in [-0.39, 0.29) is 17.8 Å². The lowest BCUT2D eigenvalue weighted by molar-refractivity contribution is -0.120. The van der Waals surface area contributed by atoms with Crippen molar-refractivity contribution in [2.45, 2.75) is 32.2 Å². The molecule has 1 atom stereocenters. The first-order valence-corrected chi connectivity index (χ1v) is 5.94. The van der Waals surface area contributed by atoms with E-state index in [0.717, 1.165) is 18.4 Å². The molecule has 0 spiro atoms. The molecule has 0 aromatic heterocycles. The van der Waals surface area contributed by atoms with Crippen LogP contribution in [0.4, 0.5) is 10.1 Å². The van der Waals surface area contributed by atoms with Crippen molar-refractivity contribution in [3.8, 4) is 0 Å². The number of hydrogen-bond acceptors (Lipinski definition) is 2. The summed E-state index contributed by atoms with van der Waals surface area (Å²) in [5.41, 5.74) is 1.56. The smallest absolute Gasteiger partial charge is 0.220 e. The topological polar surface area (TPSA) is 41.1 Å². The molecule has 1 unspecified atom stereocenters. The van der Waals surface area contributed by atoms with Crippen LogP contribution in [0.5, 0.6) is 0 Å². The lowest BCUT2D eigenvalue weighted by Crippen LogP contribution is -2.23. The van der Waals surface area contributed by atoms with Crippen molar-refractivity contribution in [3.63, 3.8) is 0 Å². The molecule has 1 fully saturated rings. The summed E-state index contributed by atoms with van der Waals surface area (Å²) in [7, 11) is 0. The molecule has 1 aromatic rings. The highest BCUT2D eigenvalue weighted by atomic mass is 19.1. The molecule has 0 bridgehead atoms. The van der Waals surface area contributed by atoms with E-state index < -0.39 is 0 Å². The van der Waals surface area contributed by atoms with Gasteiger partial charge in [-0.3, -0.25) is 4.79 Å². The highest BCUT2D eigenvalue weighted by molar-refractivity contribution is 5.76. The first-order chi connectivity index (χ1) is 8.15. The summed E-state index contributed by atoms with van der Waals surface area (Å²) >= 11 is 0. The van der Waals surface area contributed by atoms with Gasteiger partial charge in [-0.15, -0.1) is 0 Å². The van der Waals surface area contributed by atoms with Gasteiger partial charge in [-0.25, -0.2) is 4.39 Å². The van der Waals surface area contributed by atoms with E-state index in [1.165, 1.54) is 6.07 Å². The Morgan fingerprint density at radius 1 is 1.41 bits per heavy atom. The van der Waals surface area contributed by atoms with E-state index in [0.29, 0.717) is 18.7 Å². The van der Waals surface area contributed by atoms with Crippen LogP contribution in [0.1, 0.15) is 24.8 Å². The Bertz CT molecular complexity index is 420. The van der Waals surface area contributed by atoms with Gasteiger partial charge in [0.25, 0.3) is 0 Å². The molecule has 0 aliphatic carbocycles. The predicted octanol–water partition coefficient (Wildman–Crippen LogP) is 2.21. The minimum Gasteiger partial charge on any atom is -0.380 e. The summed E-state index contributed by atoms with van der Waals surface area (Å²) in [5, 5.41) is 6.00. The fourth-order valence-electron chi connectivity index (χ4n) is 2.04. The van der Waals surface area contributed by atoms with Gasteiger partial charge in [0.15, 0.2) is 0 Å². The maximum atomic E-state index is 13.6. The molecule has 1 aliphatic heterocycles. The number of anilines is 1. The highest BCUT2D eigenvalue weighted by Gasteiger charge is 2.16. The van der Waals surface area contributed by atoms with Crippen molar-refractivity contribution in [3.05, 3.63) is 29.6 Å². The number of benzene rings is 1. The minimum absolute atomic E-state index is 0.0824. The number of halogens is 1. The zero-order chi connectivity index (χ0) is 12.3. The first kappa shape index (κ1) is 11.9. The second kappa shape index (κ2) is 5.17. The van der Waals surface area contributed by atoms with E-state index in [1.807, 2.05) is 6.92 Å². The molecular weight excluding hydrogens is 219 g/mol. The average Bonchev–Trinajstić information content (AvgIpc) is 2.49. The molecule has 1 saturated heterocycles. The third kappa shape index (κ3) is 3.19. The second-order valence-electron chi connectivity index (χ2n) is 4.50. The van der Waals surface area contributed by atoms with Crippen molar-refractivity contribution in [2.24, 2.45) is 0 Å². The zero-order valence-electron chi connectivity index (χ0n) is 9.92. The third-order valence-electron chi connectivity index (χ3n) is 3.02. The molecule has 1 heterocycles. The molecule has 2 rings (SSSR count). The monoisotopic (exact) mass is 236 g/mol. The van der Waals surface area contributed by atoms with Crippen LogP contribution in [0.25, 0.3) is 0 Å². The van der Waals surface area contributed by atoms with E-state index >= 15 is 0 Å². The van der Waals surface area contributed by atoms with E-state index in [2.05, 4.69) is 10.6 Å². The van der Waals surface area contributed by atoms with E-state index in [1.54, 1.807) is 12.1 Å². The van der Waals surface area contributed by atoms with Gasteiger partial charge in [0, 0.05) is 19.0 Å². The Morgan fingerprint density at radius 3 is 3.06 bits per heavy atom. The quantitative estimate of drug-likeness (QED) is 0.826. The van der Waals surface area contributed by atoms with Crippen LogP contribution in [-0.4, -0.2) is 18.5 Å². The molecule has 0 saturated carbocycles. The van der Waals surface area contributed by atoms with Gasteiger partial charge >= 0.3 is 0 Å². The van der Waals surface area contributed by atoms with Crippen LogP contribution in [0.2, 0.25) is 0 Å². The SMILES string of the molecule is Cc1ccc(F)c(NC2CCNC(=O)CC2)c1. The minimum atomic E-state index is -0.237. The summed E-state index contributed by atoms with van der Waals surface area (Å²) < 4.78 is 13.6. The molecule has 2 N–H and O–H groups in total. The van der Waals surface area contributed by atoms with Gasteiger partial charge in [-0.1, -0.05) is 6.07 Å². The van der Waals surface area contributed by atoms with Crippen LogP contribution in [0.3, 0.4) is 0 Å². The number of rotatable bonds is 2. The molecular formula is C13H17FN2O. The van der Waals surface area contributed by atoms with Gasteiger partial charge in [0.1, 0.15) is 5.82 Å². The van der Waals surface area contributed by atoms with Gasteiger partial charge in [-0.05, 0) is 37.5 Å². The third-order valence-corrected chi connectivity index (χ3v) is 3.02. The Balaban J connectivity index is 2.04. The van der Waals surface area contributed by atoms with Gasteiger partial charge in [0.05, 0.1) is 5.69 Å². The lowest BCUT2D eigenvalue weighted by Gasteiger charge is -2.17. The Hall–Kier alpha value is -1.58. The Morgan fingerprint density at radius 2 is 2.24 bits per heavy atom. The Kier molecular flexibility index (Phi) is 3.61. The molecule has 1 aromatic carbocycles. The number of amides is 1. The fraction of sp³-hybridized carbons (Fsp3) is 0.462. The fourth-order valence-corrected chi connectivity index (χ4v) is 2.04. The molecule has 1 aliphatic rings. The molecule has 17 heavy (non-hydrogen) atoms. The zero-order valence-corrected chi connectivity index (χ0v) is 9.92. The maximum absolute atomic E-state index is 13.6. The normalized spacial score (nSPS) is 20.6. The second-order valence-corrected chi connectivity index (χ2v) is 4.50. The van der Waals surface area contributed by atoms with Crippen molar-refractivity contribution in [1.29, 1.82) is 0 Å². The van der Waals surface area contributed by atoms with Crippen LogP contribution < -0.4 is 10.6 Å². The van der Waals surface area contributed by atoms with Crippen molar-refractivity contribution >= 4 is 11.6 Å². The number of carbonyl (C=O) groups is 1. The lowest BCUT2D eigenvalue weighted by atomic mass is 10.1. The highest BCUT2D eigenvalue weighted by Crippen LogP contribution is 2.19. The van der Waals surface area contributed by atoms with Crippen LogP contribution in [0.15, 0.2) is 18.2 Å². The van der Waals surface area contributed by atoms with E-state index in [9.17, 15) is 9.18 Å². The van der Waals surface area contributed by atoms with E-state index in [4.69, 9.17) is 0 Å². The molecule has 4 heteroatoms. The molecule has 0 radical (unpaired) electrons. The summed E-state index contributed by atoms with van der Waals surface area (Å²) in [6.45, 7) is 2.59. The van der Waals surface area contributed by atoms with Crippen LogP contribution >= 0.6 is 0 Å².